The van der Waals surface area contributed by atoms with Gasteiger partial charge in [0, 0.05) is 18.5 Å². The Hall–Kier alpha value is -1.21. The third-order valence-electron chi connectivity index (χ3n) is 3.20. The average Bonchev–Trinajstić information content (AvgIpc) is 2.91. The minimum Gasteiger partial charge on any atom is -0.477 e. The molecular formula is C15H20BrFN2O3. The average molecular weight is 375 g/mol. The summed E-state index contributed by atoms with van der Waals surface area (Å²) in [5.41, 5.74) is -0.591. The Morgan fingerprint density at radius 2 is 2.27 bits per heavy atom. The molecule has 0 bridgehead atoms. The lowest BCUT2D eigenvalue weighted by Crippen LogP contribution is -2.41. The SMILES string of the molecule is CC(C)(C)OC(=O)C(Oc1cnc(F)c(Br)c1)[C@H]1CCNC1. The first-order chi connectivity index (χ1) is 10.3. The first-order valence-corrected chi connectivity index (χ1v) is 7.97. The number of carbonyl (C=O) groups is 1. The largest absolute Gasteiger partial charge is 0.477 e. The third-order valence-corrected chi connectivity index (χ3v) is 3.76. The van der Waals surface area contributed by atoms with Gasteiger partial charge in [0.1, 0.15) is 11.4 Å². The lowest BCUT2D eigenvalue weighted by atomic mass is 10.0. The number of halogens is 2. The summed E-state index contributed by atoms with van der Waals surface area (Å²) in [6.07, 6.45) is 1.34. The molecule has 7 heteroatoms. The molecule has 0 saturated carbocycles. The van der Waals surface area contributed by atoms with E-state index in [1.54, 1.807) is 0 Å². The normalized spacial score (nSPS) is 19.8. The van der Waals surface area contributed by atoms with Crippen molar-refractivity contribution in [3.05, 3.63) is 22.7 Å². The molecule has 2 heterocycles. The number of hydrogen-bond acceptors (Lipinski definition) is 5. The first-order valence-electron chi connectivity index (χ1n) is 7.17. The van der Waals surface area contributed by atoms with Gasteiger partial charge in [-0.05, 0) is 49.7 Å². The summed E-state index contributed by atoms with van der Waals surface area (Å²) in [6, 6.07) is 1.46. The molecule has 122 valence electrons. The highest BCUT2D eigenvalue weighted by atomic mass is 79.9. The molecule has 0 aromatic carbocycles. The summed E-state index contributed by atoms with van der Waals surface area (Å²) in [5.74, 6) is -0.694. The van der Waals surface area contributed by atoms with Gasteiger partial charge in [-0.3, -0.25) is 0 Å². The van der Waals surface area contributed by atoms with E-state index >= 15 is 0 Å². The Kier molecular flexibility index (Phi) is 5.39. The minimum absolute atomic E-state index is 0.0127. The number of nitrogens with zero attached hydrogens (tertiary/aromatic N) is 1. The van der Waals surface area contributed by atoms with Crippen LogP contribution >= 0.6 is 15.9 Å². The van der Waals surface area contributed by atoms with Crippen LogP contribution in [0.2, 0.25) is 0 Å². The molecule has 1 fully saturated rings. The van der Waals surface area contributed by atoms with Crippen molar-refractivity contribution in [2.24, 2.45) is 5.92 Å². The quantitative estimate of drug-likeness (QED) is 0.648. The minimum atomic E-state index is -0.742. The maximum Gasteiger partial charge on any atom is 0.348 e. The summed E-state index contributed by atoms with van der Waals surface area (Å²) >= 11 is 3.06. The number of pyridine rings is 1. The predicted molar refractivity (Wildman–Crippen MR) is 83.1 cm³/mol. The number of hydrogen-bond donors (Lipinski definition) is 1. The lowest BCUT2D eigenvalue weighted by Gasteiger charge is -2.27. The highest BCUT2D eigenvalue weighted by molar-refractivity contribution is 9.10. The summed E-state index contributed by atoms with van der Waals surface area (Å²) in [7, 11) is 0. The van der Waals surface area contributed by atoms with E-state index in [1.165, 1.54) is 12.3 Å². The Balaban J connectivity index is 2.16. The molecule has 0 aliphatic carbocycles. The van der Waals surface area contributed by atoms with Crippen LogP contribution in [0.25, 0.3) is 0 Å². The molecule has 5 nitrogen and oxygen atoms in total. The van der Waals surface area contributed by atoms with E-state index in [1.807, 2.05) is 20.8 Å². The van der Waals surface area contributed by atoms with Crippen LogP contribution in [-0.2, 0) is 9.53 Å². The molecular weight excluding hydrogens is 355 g/mol. The Bertz CT molecular complexity index is 542. The Morgan fingerprint density at radius 1 is 1.55 bits per heavy atom. The fraction of sp³-hybridized carbons (Fsp3) is 0.600. The van der Waals surface area contributed by atoms with Gasteiger partial charge in [-0.25, -0.2) is 9.78 Å². The van der Waals surface area contributed by atoms with Gasteiger partial charge in [0.05, 0.1) is 10.7 Å². The fourth-order valence-electron chi connectivity index (χ4n) is 2.25. The van der Waals surface area contributed by atoms with E-state index in [-0.39, 0.29) is 10.4 Å². The number of carbonyl (C=O) groups excluding carboxylic acids is 1. The van der Waals surface area contributed by atoms with E-state index in [0.29, 0.717) is 12.3 Å². The monoisotopic (exact) mass is 374 g/mol. The second kappa shape index (κ2) is 6.91. The van der Waals surface area contributed by atoms with Crippen LogP contribution in [0.15, 0.2) is 16.7 Å². The number of ether oxygens (including phenoxy) is 2. The van der Waals surface area contributed by atoms with Gasteiger partial charge in [0.15, 0.2) is 6.10 Å². The summed E-state index contributed by atoms with van der Waals surface area (Å²) in [6.45, 7) is 6.94. The molecule has 1 saturated heterocycles. The summed E-state index contributed by atoms with van der Waals surface area (Å²) < 4.78 is 24.6. The second-order valence-corrected chi connectivity index (χ2v) is 7.12. The molecule has 1 aliphatic heterocycles. The standard InChI is InChI=1S/C15H20BrFN2O3/c1-15(2,3)22-14(20)12(9-4-5-18-7-9)21-10-6-11(16)13(17)19-8-10/h6,8-9,12,18H,4-5,7H2,1-3H3/t9-,12?/m0/s1. The molecule has 2 atom stereocenters. The molecule has 1 aliphatic rings. The van der Waals surface area contributed by atoms with Crippen LogP contribution < -0.4 is 10.1 Å². The van der Waals surface area contributed by atoms with Gasteiger partial charge in [-0.1, -0.05) is 0 Å². The van der Waals surface area contributed by atoms with Crippen LogP contribution in [0, 0.1) is 11.9 Å². The van der Waals surface area contributed by atoms with E-state index < -0.39 is 23.6 Å². The van der Waals surface area contributed by atoms with Crippen molar-refractivity contribution >= 4 is 21.9 Å². The first kappa shape index (κ1) is 17.1. The summed E-state index contributed by atoms with van der Waals surface area (Å²) in [4.78, 5) is 16.0. The predicted octanol–water partition coefficient (Wildman–Crippen LogP) is 2.68. The number of nitrogens with one attached hydrogen (secondary N) is 1. The molecule has 0 spiro atoms. The smallest absolute Gasteiger partial charge is 0.348 e. The Labute approximate surface area is 137 Å². The molecule has 0 amide bonds. The van der Waals surface area contributed by atoms with Crippen LogP contribution in [-0.4, -0.2) is 35.7 Å². The zero-order valence-electron chi connectivity index (χ0n) is 12.9. The van der Waals surface area contributed by atoms with Crippen molar-refractivity contribution < 1.29 is 18.7 Å². The van der Waals surface area contributed by atoms with E-state index in [0.717, 1.165) is 13.0 Å². The third kappa shape index (κ3) is 4.64. The van der Waals surface area contributed by atoms with Crippen LogP contribution in [0.4, 0.5) is 4.39 Å². The van der Waals surface area contributed by atoms with Gasteiger partial charge in [-0.15, -0.1) is 0 Å². The van der Waals surface area contributed by atoms with Crippen LogP contribution in [0.3, 0.4) is 0 Å². The Morgan fingerprint density at radius 3 is 2.82 bits per heavy atom. The second-order valence-electron chi connectivity index (χ2n) is 6.27. The molecule has 0 radical (unpaired) electrons. The van der Waals surface area contributed by atoms with E-state index in [4.69, 9.17) is 9.47 Å². The molecule has 1 N–H and O–H groups in total. The highest BCUT2D eigenvalue weighted by Crippen LogP contribution is 2.25. The maximum absolute atomic E-state index is 13.2. The lowest BCUT2D eigenvalue weighted by molar-refractivity contribution is -0.165. The van der Waals surface area contributed by atoms with Crippen molar-refractivity contribution in [1.82, 2.24) is 10.3 Å². The van der Waals surface area contributed by atoms with Gasteiger partial charge in [0.25, 0.3) is 0 Å². The number of aromatic nitrogens is 1. The van der Waals surface area contributed by atoms with Crippen molar-refractivity contribution in [3.8, 4) is 5.75 Å². The van der Waals surface area contributed by atoms with Crippen molar-refractivity contribution in [3.63, 3.8) is 0 Å². The maximum atomic E-state index is 13.2. The van der Waals surface area contributed by atoms with E-state index in [2.05, 4.69) is 26.2 Å². The zero-order chi connectivity index (χ0) is 16.3. The van der Waals surface area contributed by atoms with Crippen molar-refractivity contribution in [1.29, 1.82) is 0 Å². The highest BCUT2D eigenvalue weighted by Gasteiger charge is 2.36. The number of esters is 1. The molecule has 1 unspecified atom stereocenters. The van der Waals surface area contributed by atoms with Crippen LogP contribution in [0.5, 0.6) is 5.75 Å². The fourth-order valence-corrected chi connectivity index (χ4v) is 2.57. The molecule has 1 aromatic heterocycles. The van der Waals surface area contributed by atoms with Gasteiger partial charge in [-0.2, -0.15) is 4.39 Å². The topological polar surface area (TPSA) is 60.5 Å². The van der Waals surface area contributed by atoms with Crippen molar-refractivity contribution in [2.75, 3.05) is 13.1 Å². The molecule has 22 heavy (non-hydrogen) atoms. The van der Waals surface area contributed by atoms with Gasteiger partial charge >= 0.3 is 5.97 Å². The van der Waals surface area contributed by atoms with Crippen LogP contribution in [0.1, 0.15) is 27.2 Å². The summed E-state index contributed by atoms with van der Waals surface area (Å²) in [5, 5.41) is 3.20. The van der Waals surface area contributed by atoms with Gasteiger partial charge < -0.3 is 14.8 Å². The zero-order valence-corrected chi connectivity index (χ0v) is 14.4. The van der Waals surface area contributed by atoms with E-state index in [9.17, 15) is 9.18 Å². The molecule has 2 rings (SSSR count). The van der Waals surface area contributed by atoms with Gasteiger partial charge in [0.2, 0.25) is 5.95 Å². The van der Waals surface area contributed by atoms with Crippen molar-refractivity contribution in [2.45, 2.75) is 38.9 Å². The number of rotatable bonds is 4. The molecule has 1 aromatic rings.